The van der Waals surface area contributed by atoms with Gasteiger partial charge in [0.25, 0.3) is 0 Å². The van der Waals surface area contributed by atoms with Crippen LogP contribution in [0.15, 0.2) is 60.2 Å². The molecule has 0 radical (unpaired) electrons. The van der Waals surface area contributed by atoms with Crippen LogP contribution in [0.3, 0.4) is 0 Å². The maximum Gasteiger partial charge on any atom is 0.123 e. The van der Waals surface area contributed by atoms with E-state index in [0.717, 1.165) is 35.1 Å². The van der Waals surface area contributed by atoms with Crippen molar-refractivity contribution in [3.63, 3.8) is 0 Å². The van der Waals surface area contributed by atoms with Gasteiger partial charge in [-0.1, -0.05) is 68.0 Å². The number of allylic oxidation sites excluding steroid dienone is 3. The highest BCUT2D eigenvalue weighted by molar-refractivity contribution is 5.83. The summed E-state index contributed by atoms with van der Waals surface area (Å²) in [6.07, 6.45) is 3.87. The van der Waals surface area contributed by atoms with Gasteiger partial charge in [-0.15, -0.1) is 0 Å². The standard InChI is InChI=1S/C22H26O/c1-5-16(3)21(19-10-8-7-9-11-19)15-22(23)20-13-12-18(6-2)14-17(20)4/h7-15,23H,5-6H2,1-4H3/b21-16-,22-15+. The Hall–Kier alpha value is -2.28. The van der Waals surface area contributed by atoms with Crippen molar-refractivity contribution in [3.05, 3.63) is 82.4 Å². The normalized spacial score (nSPS) is 13.0. The summed E-state index contributed by atoms with van der Waals surface area (Å²) in [6.45, 7) is 8.46. The number of aliphatic hydroxyl groups is 1. The van der Waals surface area contributed by atoms with Crippen LogP contribution in [-0.4, -0.2) is 5.11 Å². The minimum Gasteiger partial charge on any atom is -0.507 e. The average molecular weight is 306 g/mol. The highest BCUT2D eigenvalue weighted by Gasteiger charge is 2.08. The summed E-state index contributed by atoms with van der Waals surface area (Å²) < 4.78 is 0. The molecule has 1 N–H and O–H groups in total. The van der Waals surface area contributed by atoms with E-state index in [2.05, 4.69) is 52.0 Å². The van der Waals surface area contributed by atoms with E-state index in [1.165, 1.54) is 11.1 Å². The molecule has 0 atom stereocenters. The van der Waals surface area contributed by atoms with Crippen LogP contribution >= 0.6 is 0 Å². The van der Waals surface area contributed by atoms with Crippen molar-refractivity contribution in [3.8, 4) is 0 Å². The highest BCUT2D eigenvalue weighted by Crippen LogP contribution is 2.27. The second-order valence-corrected chi connectivity index (χ2v) is 5.95. The van der Waals surface area contributed by atoms with Gasteiger partial charge in [0.1, 0.15) is 5.76 Å². The Labute approximate surface area is 140 Å². The molecule has 0 aliphatic carbocycles. The Morgan fingerprint density at radius 1 is 1.04 bits per heavy atom. The van der Waals surface area contributed by atoms with E-state index in [1.54, 1.807) is 0 Å². The molecule has 23 heavy (non-hydrogen) atoms. The molecule has 0 aromatic heterocycles. The molecule has 0 unspecified atom stereocenters. The maximum atomic E-state index is 10.7. The molecule has 0 fully saturated rings. The van der Waals surface area contributed by atoms with Crippen molar-refractivity contribution in [2.45, 2.75) is 40.5 Å². The van der Waals surface area contributed by atoms with Crippen LogP contribution in [-0.2, 0) is 6.42 Å². The summed E-state index contributed by atoms with van der Waals surface area (Å²) in [5.74, 6) is 0.330. The van der Waals surface area contributed by atoms with Crippen LogP contribution in [0.4, 0.5) is 0 Å². The van der Waals surface area contributed by atoms with Gasteiger partial charge in [0.05, 0.1) is 0 Å². The zero-order valence-electron chi connectivity index (χ0n) is 14.6. The van der Waals surface area contributed by atoms with Crippen LogP contribution in [0.25, 0.3) is 11.3 Å². The molecule has 0 amide bonds. The zero-order valence-corrected chi connectivity index (χ0v) is 14.6. The van der Waals surface area contributed by atoms with E-state index in [9.17, 15) is 5.11 Å². The Morgan fingerprint density at radius 2 is 1.74 bits per heavy atom. The molecule has 1 heteroatoms. The Morgan fingerprint density at radius 3 is 2.30 bits per heavy atom. The number of hydrogen-bond acceptors (Lipinski definition) is 1. The molecular formula is C22H26O. The lowest BCUT2D eigenvalue weighted by Crippen LogP contribution is -1.93. The van der Waals surface area contributed by atoms with Gasteiger partial charge in [0.15, 0.2) is 0 Å². The van der Waals surface area contributed by atoms with Crippen molar-refractivity contribution in [2.24, 2.45) is 0 Å². The van der Waals surface area contributed by atoms with Crippen LogP contribution in [0.5, 0.6) is 0 Å². The van der Waals surface area contributed by atoms with Gasteiger partial charge in [0, 0.05) is 5.56 Å². The van der Waals surface area contributed by atoms with Crippen LogP contribution in [0.1, 0.15) is 49.4 Å². The maximum absolute atomic E-state index is 10.7. The van der Waals surface area contributed by atoms with Crippen LogP contribution in [0.2, 0.25) is 0 Å². The van der Waals surface area contributed by atoms with Crippen molar-refractivity contribution >= 4 is 11.3 Å². The molecule has 0 saturated heterocycles. The van der Waals surface area contributed by atoms with Crippen molar-refractivity contribution in [1.82, 2.24) is 0 Å². The van der Waals surface area contributed by atoms with E-state index in [4.69, 9.17) is 0 Å². The number of hydrogen-bond donors (Lipinski definition) is 1. The molecule has 0 bridgehead atoms. The van der Waals surface area contributed by atoms with Crippen molar-refractivity contribution < 1.29 is 5.11 Å². The first-order valence-corrected chi connectivity index (χ1v) is 8.32. The lowest BCUT2D eigenvalue weighted by Gasteiger charge is -2.11. The summed E-state index contributed by atoms with van der Waals surface area (Å²) in [5.41, 5.74) is 6.82. The second-order valence-electron chi connectivity index (χ2n) is 5.95. The Bertz CT molecular complexity index is 721. The third kappa shape index (κ3) is 4.13. The predicted molar refractivity (Wildman–Crippen MR) is 100 cm³/mol. The Kier molecular flexibility index (Phi) is 5.81. The minimum atomic E-state index is 0.330. The molecule has 120 valence electrons. The van der Waals surface area contributed by atoms with Gasteiger partial charge in [-0.05, 0) is 55.0 Å². The first kappa shape index (κ1) is 17.1. The van der Waals surface area contributed by atoms with Crippen LogP contribution < -0.4 is 0 Å². The van der Waals surface area contributed by atoms with E-state index >= 15 is 0 Å². The average Bonchev–Trinajstić information content (AvgIpc) is 2.59. The molecule has 0 aliphatic rings. The smallest absolute Gasteiger partial charge is 0.123 e. The van der Waals surface area contributed by atoms with E-state index < -0.39 is 0 Å². The Balaban J connectivity index is 2.48. The van der Waals surface area contributed by atoms with E-state index in [-0.39, 0.29) is 0 Å². The van der Waals surface area contributed by atoms with Gasteiger partial charge in [-0.3, -0.25) is 0 Å². The lowest BCUT2D eigenvalue weighted by molar-refractivity contribution is 0.511. The number of aryl methyl sites for hydroxylation is 2. The van der Waals surface area contributed by atoms with Gasteiger partial charge in [-0.25, -0.2) is 0 Å². The summed E-state index contributed by atoms with van der Waals surface area (Å²) in [7, 11) is 0. The topological polar surface area (TPSA) is 20.2 Å². The number of benzene rings is 2. The number of rotatable bonds is 5. The van der Waals surface area contributed by atoms with Gasteiger partial charge in [0.2, 0.25) is 0 Å². The fraction of sp³-hybridized carbons (Fsp3) is 0.273. The monoisotopic (exact) mass is 306 g/mol. The SMILES string of the molecule is CC/C(C)=C(/C=C(/O)c1ccc(CC)cc1C)c1ccccc1. The van der Waals surface area contributed by atoms with Crippen molar-refractivity contribution in [1.29, 1.82) is 0 Å². The summed E-state index contributed by atoms with van der Waals surface area (Å²) in [4.78, 5) is 0. The molecule has 2 aromatic rings. The largest absolute Gasteiger partial charge is 0.507 e. The van der Waals surface area contributed by atoms with E-state index in [1.807, 2.05) is 30.3 Å². The fourth-order valence-electron chi connectivity index (χ4n) is 2.71. The molecule has 0 heterocycles. The molecule has 0 spiro atoms. The fourth-order valence-corrected chi connectivity index (χ4v) is 2.71. The summed E-state index contributed by atoms with van der Waals surface area (Å²) in [6, 6.07) is 16.5. The quantitative estimate of drug-likeness (QED) is 0.505. The van der Waals surface area contributed by atoms with Gasteiger partial charge in [-0.2, -0.15) is 0 Å². The molecule has 2 rings (SSSR count). The molecular weight excluding hydrogens is 280 g/mol. The summed E-state index contributed by atoms with van der Waals surface area (Å²) in [5, 5.41) is 10.7. The van der Waals surface area contributed by atoms with Gasteiger partial charge >= 0.3 is 0 Å². The first-order valence-electron chi connectivity index (χ1n) is 8.32. The molecule has 2 aromatic carbocycles. The highest BCUT2D eigenvalue weighted by atomic mass is 16.3. The number of aliphatic hydroxyl groups excluding tert-OH is 1. The van der Waals surface area contributed by atoms with E-state index in [0.29, 0.717) is 5.76 Å². The molecule has 1 nitrogen and oxygen atoms in total. The van der Waals surface area contributed by atoms with Crippen molar-refractivity contribution in [2.75, 3.05) is 0 Å². The summed E-state index contributed by atoms with van der Waals surface area (Å²) >= 11 is 0. The third-order valence-corrected chi connectivity index (χ3v) is 4.33. The second kappa shape index (κ2) is 7.82. The first-order chi connectivity index (χ1) is 11.1. The van der Waals surface area contributed by atoms with Crippen LogP contribution in [0, 0.1) is 6.92 Å². The lowest BCUT2D eigenvalue weighted by atomic mass is 9.96. The zero-order chi connectivity index (χ0) is 16.8. The van der Waals surface area contributed by atoms with Gasteiger partial charge < -0.3 is 5.11 Å². The molecule has 0 aliphatic heterocycles. The minimum absolute atomic E-state index is 0.330. The third-order valence-electron chi connectivity index (χ3n) is 4.33. The molecule has 0 saturated carbocycles. The predicted octanol–water partition coefficient (Wildman–Crippen LogP) is 6.34.